The zero-order chi connectivity index (χ0) is 20.4. The van der Waals surface area contributed by atoms with E-state index in [0.717, 1.165) is 23.1 Å². The number of rotatable bonds is 5. The van der Waals surface area contributed by atoms with Crippen molar-refractivity contribution in [2.45, 2.75) is 25.7 Å². The lowest BCUT2D eigenvalue weighted by Gasteiger charge is -2.37. The second-order valence-electron chi connectivity index (χ2n) is 8.02. The smallest absolute Gasteiger partial charge is 0.189 e. The molecule has 0 amide bonds. The molecule has 2 aliphatic rings. The fraction of sp³-hybridized carbons (Fsp3) is 0.429. The van der Waals surface area contributed by atoms with Gasteiger partial charge in [-0.1, -0.05) is 17.7 Å². The lowest BCUT2D eigenvalue weighted by Crippen LogP contribution is -2.50. The maximum absolute atomic E-state index is 12.3. The summed E-state index contributed by atoms with van der Waals surface area (Å²) >= 11 is 5.95. The summed E-state index contributed by atoms with van der Waals surface area (Å²) < 4.78 is 2.80. The van der Waals surface area contributed by atoms with Crippen molar-refractivity contribution >= 4 is 45.9 Å². The lowest BCUT2D eigenvalue weighted by atomic mass is 10.0. The Morgan fingerprint density at radius 2 is 2.00 bits per heavy atom. The highest BCUT2D eigenvalue weighted by Gasteiger charge is 2.26. The summed E-state index contributed by atoms with van der Waals surface area (Å²) in [6.45, 7) is 4.17. The molecule has 0 bridgehead atoms. The highest BCUT2D eigenvalue weighted by molar-refractivity contribution is 6.57. The molecule has 3 heterocycles. The summed E-state index contributed by atoms with van der Waals surface area (Å²) in [5.74, 6) is -0.0686. The number of anilines is 1. The van der Waals surface area contributed by atoms with Crippen LogP contribution in [0.25, 0.3) is 5.52 Å². The number of nitrogens with zero attached hydrogens (tertiary/aromatic N) is 4. The molecular weight excluding hydrogens is 390 g/mol. The molecule has 0 aromatic carbocycles. The number of ketones is 2. The van der Waals surface area contributed by atoms with E-state index in [9.17, 15) is 9.59 Å². The van der Waals surface area contributed by atoms with Gasteiger partial charge in [0.15, 0.2) is 17.4 Å². The highest BCUT2D eigenvalue weighted by Crippen LogP contribution is 2.31. The van der Waals surface area contributed by atoms with Crippen LogP contribution in [0, 0.1) is 0 Å². The number of aliphatic imine (C=N–C) groups is 1. The van der Waals surface area contributed by atoms with Crippen LogP contribution in [-0.2, 0) is 9.59 Å². The average Bonchev–Trinajstić information content (AvgIpc) is 3.04. The van der Waals surface area contributed by atoms with Crippen molar-refractivity contribution in [2.75, 3.05) is 38.5 Å². The molecular formula is C21H25ClN5O2+. The van der Waals surface area contributed by atoms with E-state index in [0.29, 0.717) is 11.5 Å². The van der Waals surface area contributed by atoms with Gasteiger partial charge in [0.25, 0.3) is 0 Å². The van der Waals surface area contributed by atoms with E-state index >= 15 is 0 Å². The van der Waals surface area contributed by atoms with E-state index in [1.807, 2.05) is 24.4 Å². The molecule has 1 aliphatic heterocycles. The molecule has 0 radical (unpaired) electrons. The molecule has 0 saturated carbocycles. The van der Waals surface area contributed by atoms with Gasteiger partial charge in [0.1, 0.15) is 11.4 Å². The summed E-state index contributed by atoms with van der Waals surface area (Å²) in [4.78, 5) is 28.5. The van der Waals surface area contributed by atoms with E-state index in [-0.39, 0.29) is 28.7 Å². The number of hydrogen-bond donors (Lipinski definition) is 1. The molecule has 1 saturated heterocycles. The molecule has 29 heavy (non-hydrogen) atoms. The SMILES string of the molecule is C[N+]1(CCNc2nn3ccccc3c2N=C2C=C(Cl)C(=O)CC2=O)CCCCC1. The van der Waals surface area contributed by atoms with E-state index in [1.165, 1.54) is 38.4 Å². The Kier molecular flexibility index (Phi) is 5.52. The van der Waals surface area contributed by atoms with Crippen LogP contribution in [-0.4, -0.2) is 64.6 Å². The molecule has 1 aliphatic carbocycles. The predicted molar refractivity (Wildman–Crippen MR) is 114 cm³/mol. The Hall–Kier alpha value is -2.51. The highest BCUT2D eigenvalue weighted by atomic mass is 35.5. The minimum absolute atomic E-state index is 0.0388. The van der Waals surface area contributed by atoms with Crippen LogP contribution < -0.4 is 5.32 Å². The minimum atomic E-state index is -0.368. The third-order valence-corrected chi connectivity index (χ3v) is 6.04. The fourth-order valence-electron chi connectivity index (χ4n) is 3.98. The summed E-state index contributed by atoms with van der Waals surface area (Å²) in [5.41, 5.74) is 1.56. The van der Waals surface area contributed by atoms with E-state index < -0.39 is 0 Å². The van der Waals surface area contributed by atoms with Crippen molar-refractivity contribution in [1.82, 2.24) is 9.61 Å². The molecule has 4 rings (SSSR count). The molecule has 2 aromatic heterocycles. The molecule has 0 unspecified atom stereocenters. The number of pyridine rings is 1. The van der Waals surface area contributed by atoms with Gasteiger partial charge in [0.05, 0.1) is 50.2 Å². The number of piperidine rings is 1. The minimum Gasteiger partial charge on any atom is -0.361 e. The number of hydrogen-bond acceptors (Lipinski definition) is 5. The largest absolute Gasteiger partial charge is 0.361 e. The van der Waals surface area contributed by atoms with Crippen LogP contribution in [0.2, 0.25) is 0 Å². The average molecular weight is 415 g/mol. The van der Waals surface area contributed by atoms with Gasteiger partial charge >= 0.3 is 0 Å². The van der Waals surface area contributed by atoms with Gasteiger partial charge < -0.3 is 9.80 Å². The Labute approximate surface area is 174 Å². The van der Waals surface area contributed by atoms with Gasteiger partial charge in [-0.2, -0.15) is 0 Å². The Balaban J connectivity index is 1.62. The molecule has 2 aromatic rings. The van der Waals surface area contributed by atoms with E-state index in [1.54, 1.807) is 4.52 Å². The molecule has 0 spiro atoms. The second-order valence-corrected chi connectivity index (χ2v) is 8.43. The zero-order valence-corrected chi connectivity index (χ0v) is 17.3. The van der Waals surface area contributed by atoms with Crippen molar-refractivity contribution in [2.24, 2.45) is 4.99 Å². The number of carbonyl (C=O) groups is 2. The summed E-state index contributed by atoms with van der Waals surface area (Å²) in [6, 6.07) is 5.70. The Morgan fingerprint density at radius 1 is 1.21 bits per heavy atom. The van der Waals surface area contributed by atoms with Crippen LogP contribution in [0.15, 0.2) is 40.5 Å². The first kappa shape index (κ1) is 19.8. The summed E-state index contributed by atoms with van der Waals surface area (Å²) in [7, 11) is 2.30. The van der Waals surface area contributed by atoms with Crippen molar-refractivity contribution < 1.29 is 14.1 Å². The Bertz CT molecular complexity index is 1020. The molecule has 1 N–H and O–H groups in total. The van der Waals surface area contributed by atoms with Gasteiger partial charge in [0, 0.05) is 6.20 Å². The number of nitrogens with one attached hydrogen (secondary N) is 1. The number of quaternary nitrogens is 1. The molecule has 8 heteroatoms. The second kappa shape index (κ2) is 8.08. The maximum atomic E-state index is 12.3. The first-order chi connectivity index (χ1) is 14.0. The molecule has 0 atom stereocenters. The number of Topliss-reactive ketones (excluding diaryl/α,β-unsaturated/α-hetero) is 2. The van der Waals surface area contributed by atoms with Crippen molar-refractivity contribution in [3.05, 3.63) is 35.5 Å². The van der Waals surface area contributed by atoms with Gasteiger partial charge in [0.2, 0.25) is 0 Å². The maximum Gasteiger partial charge on any atom is 0.189 e. The third-order valence-electron chi connectivity index (χ3n) is 5.72. The third kappa shape index (κ3) is 4.26. The number of carbonyl (C=O) groups excluding carboxylic acids is 2. The lowest BCUT2D eigenvalue weighted by molar-refractivity contribution is -0.912. The quantitative estimate of drug-likeness (QED) is 0.602. The zero-order valence-electron chi connectivity index (χ0n) is 16.5. The van der Waals surface area contributed by atoms with Crippen molar-refractivity contribution in [3.8, 4) is 0 Å². The standard InChI is InChI=1S/C21H25ClN5O2/c1-27(10-5-2-6-11-27)12-8-23-21-20(17-7-3-4-9-26(17)25-21)24-16-13-15(22)18(28)14-19(16)29/h3-4,7,9,13H,2,5-6,8,10-12,14H2,1H3,(H,23,25)/q+1. The molecule has 1 fully saturated rings. The van der Waals surface area contributed by atoms with E-state index in [4.69, 9.17) is 11.6 Å². The van der Waals surface area contributed by atoms with Crippen LogP contribution in [0.1, 0.15) is 25.7 Å². The van der Waals surface area contributed by atoms with Crippen molar-refractivity contribution in [3.63, 3.8) is 0 Å². The summed E-state index contributed by atoms with van der Waals surface area (Å²) in [5, 5.41) is 8.05. The number of likely N-dealkylation sites (N-methyl/N-ethyl adjacent to an activating group) is 1. The number of fused-ring (bicyclic) bond motifs is 1. The topological polar surface area (TPSA) is 75.8 Å². The number of halogens is 1. The van der Waals surface area contributed by atoms with E-state index in [2.05, 4.69) is 22.5 Å². The van der Waals surface area contributed by atoms with Crippen LogP contribution in [0.3, 0.4) is 0 Å². The molecule has 7 nitrogen and oxygen atoms in total. The Morgan fingerprint density at radius 3 is 2.79 bits per heavy atom. The first-order valence-electron chi connectivity index (χ1n) is 10.0. The number of aromatic nitrogens is 2. The van der Waals surface area contributed by atoms with Crippen molar-refractivity contribution in [1.29, 1.82) is 0 Å². The van der Waals surface area contributed by atoms with Gasteiger partial charge in [-0.15, -0.1) is 5.10 Å². The monoisotopic (exact) mass is 414 g/mol. The molecule has 152 valence electrons. The van der Waals surface area contributed by atoms with Crippen LogP contribution in [0.4, 0.5) is 11.5 Å². The van der Waals surface area contributed by atoms with Crippen LogP contribution in [0.5, 0.6) is 0 Å². The van der Waals surface area contributed by atoms with Crippen LogP contribution >= 0.6 is 11.6 Å². The normalized spacial score (nSPS) is 20.9. The number of allylic oxidation sites excluding steroid dienone is 2. The first-order valence-corrected chi connectivity index (χ1v) is 10.4. The van der Waals surface area contributed by atoms with Gasteiger partial charge in [-0.05, 0) is 37.5 Å². The van der Waals surface area contributed by atoms with Gasteiger partial charge in [-0.3, -0.25) is 9.59 Å². The predicted octanol–water partition coefficient (Wildman–Crippen LogP) is 3.11. The van der Waals surface area contributed by atoms with Gasteiger partial charge in [-0.25, -0.2) is 9.51 Å². The summed E-state index contributed by atoms with van der Waals surface area (Å²) in [6.07, 6.45) is 6.83. The number of likely N-dealkylation sites (tertiary alicyclic amines) is 1. The fourth-order valence-corrected chi connectivity index (χ4v) is 4.15.